The lowest BCUT2D eigenvalue weighted by atomic mass is 10.1. The fourth-order valence-corrected chi connectivity index (χ4v) is 1.92. The molecule has 3 heterocycles. The molecule has 0 amide bonds. The molecule has 1 N–H and O–H groups in total. The zero-order chi connectivity index (χ0) is 13.4. The van der Waals surface area contributed by atoms with Gasteiger partial charge in [-0.15, -0.1) is 0 Å². The molecule has 3 aromatic rings. The summed E-state index contributed by atoms with van der Waals surface area (Å²) < 4.78 is 1.35. The third-order valence-electron chi connectivity index (χ3n) is 2.83. The lowest BCUT2D eigenvalue weighted by Gasteiger charge is -2.04. The fraction of sp³-hybridized carbons (Fsp3) is 0.0769. The smallest absolute Gasteiger partial charge is 0.356 e. The van der Waals surface area contributed by atoms with Crippen molar-refractivity contribution in [1.82, 2.24) is 19.6 Å². The summed E-state index contributed by atoms with van der Waals surface area (Å²) in [6.45, 7) is 1.87. The zero-order valence-corrected chi connectivity index (χ0v) is 10.1. The number of hydrogen-bond acceptors (Lipinski definition) is 4. The Morgan fingerprint density at radius 3 is 2.89 bits per heavy atom. The lowest BCUT2D eigenvalue weighted by molar-refractivity contribution is 0.0688. The minimum absolute atomic E-state index is 0.0452. The molecule has 0 bridgehead atoms. The minimum Gasteiger partial charge on any atom is -0.476 e. The number of aromatic nitrogens is 4. The van der Waals surface area contributed by atoms with Crippen LogP contribution in [0.4, 0.5) is 0 Å². The van der Waals surface area contributed by atoms with Gasteiger partial charge >= 0.3 is 5.97 Å². The van der Waals surface area contributed by atoms with Crippen molar-refractivity contribution in [2.75, 3.05) is 0 Å². The summed E-state index contributed by atoms with van der Waals surface area (Å²) in [5.41, 5.74) is 2.95. The summed E-state index contributed by atoms with van der Waals surface area (Å²) >= 11 is 0. The Kier molecular flexibility index (Phi) is 2.49. The highest BCUT2D eigenvalue weighted by Crippen LogP contribution is 2.19. The van der Waals surface area contributed by atoms with Crippen LogP contribution in [0.1, 0.15) is 16.1 Å². The molecule has 0 aromatic carbocycles. The molecule has 0 spiro atoms. The largest absolute Gasteiger partial charge is 0.476 e. The minimum atomic E-state index is -1.05. The zero-order valence-electron chi connectivity index (χ0n) is 10.1. The van der Waals surface area contributed by atoms with E-state index < -0.39 is 5.97 Å². The van der Waals surface area contributed by atoms with E-state index in [2.05, 4.69) is 15.1 Å². The first-order valence-corrected chi connectivity index (χ1v) is 5.66. The summed E-state index contributed by atoms with van der Waals surface area (Å²) in [7, 11) is 0. The second kappa shape index (κ2) is 4.16. The predicted molar refractivity (Wildman–Crippen MR) is 67.9 cm³/mol. The highest BCUT2D eigenvalue weighted by Gasteiger charge is 2.14. The molecule has 94 valence electrons. The Labute approximate surface area is 108 Å². The third kappa shape index (κ3) is 1.83. The number of aromatic carboxylic acids is 1. The highest BCUT2D eigenvalue weighted by atomic mass is 16.4. The number of aryl methyl sites for hydroxylation is 1. The molecule has 0 aliphatic heterocycles. The van der Waals surface area contributed by atoms with E-state index in [1.807, 2.05) is 25.1 Å². The summed E-state index contributed by atoms with van der Waals surface area (Å²) in [4.78, 5) is 19.2. The highest BCUT2D eigenvalue weighted by molar-refractivity contribution is 5.86. The summed E-state index contributed by atoms with van der Waals surface area (Å²) in [5, 5.41) is 13.4. The van der Waals surface area contributed by atoms with Gasteiger partial charge in [-0.25, -0.2) is 14.3 Å². The van der Waals surface area contributed by atoms with Crippen molar-refractivity contribution in [2.24, 2.45) is 0 Å². The van der Waals surface area contributed by atoms with Gasteiger partial charge in [-0.05, 0) is 30.7 Å². The average molecular weight is 254 g/mol. The van der Waals surface area contributed by atoms with Gasteiger partial charge in [0.2, 0.25) is 0 Å². The quantitative estimate of drug-likeness (QED) is 0.754. The number of carboxylic acids is 1. The van der Waals surface area contributed by atoms with Crippen LogP contribution in [0.25, 0.3) is 16.9 Å². The molecule has 0 fully saturated rings. The van der Waals surface area contributed by atoms with Crippen LogP contribution < -0.4 is 0 Å². The molecular formula is C13H10N4O2. The summed E-state index contributed by atoms with van der Waals surface area (Å²) in [6.07, 6.45) is 4.67. The van der Waals surface area contributed by atoms with Crippen LogP contribution in [0.15, 0.2) is 36.8 Å². The molecule has 3 aromatic heterocycles. The van der Waals surface area contributed by atoms with Crippen LogP contribution in [0.2, 0.25) is 0 Å². The van der Waals surface area contributed by atoms with Gasteiger partial charge in [-0.2, -0.15) is 5.10 Å². The molecular weight excluding hydrogens is 244 g/mol. The first-order valence-electron chi connectivity index (χ1n) is 5.66. The Bertz CT molecular complexity index is 765. The van der Waals surface area contributed by atoms with Gasteiger partial charge in [-0.1, -0.05) is 0 Å². The summed E-state index contributed by atoms with van der Waals surface area (Å²) in [6, 6.07) is 5.55. The van der Waals surface area contributed by atoms with Gasteiger partial charge in [0.15, 0.2) is 11.3 Å². The lowest BCUT2D eigenvalue weighted by Crippen LogP contribution is -2.06. The maximum absolute atomic E-state index is 11.1. The predicted octanol–water partition coefficient (Wildman–Crippen LogP) is 1.80. The Balaban J connectivity index is 2.28. The molecule has 6 nitrogen and oxygen atoms in total. The SMILES string of the molecule is Cc1cc(-c2cccnc2)nn2c(C(=O)O)cnc12. The normalized spacial score (nSPS) is 10.8. The van der Waals surface area contributed by atoms with E-state index in [0.29, 0.717) is 11.3 Å². The van der Waals surface area contributed by atoms with Crippen LogP contribution in [-0.4, -0.2) is 30.7 Å². The van der Waals surface area contributed by atoms with Crippen molar-refractivity contribution >= 4 is 11.6 Å². The van der Waals surface area contributed by atoms with Crippen molar-refractivity contribution in [3.05, 3.63) is 48.0 Å². The molecule has 0 unspecified atom stereocenters. The van der Waals surface area contributed by atoms with E-state index in [4.69, 9.17) is 5.11 Å². The third-order valence-corrected chi connectivity index (χ3v) is 2.83. The van der Waals surface area contributed by atoms with E-state index >= 15 is 0 Å². The van der Waals surface area contributed by atoms with Gasteiger partial charge in [0.25, 0.3) is 0 Å². The molecule has 0 radical (unpaired) electrons. The number of nitrogens with zero attached hydrogens (tertiary/aromatic N) is 4. The van der Waals surface area contributed by atoms with E-state index in [1.54, 1.807) is 12.4 Å². The second-order valence-electron chi connectivity index (χ2n) is 4.14. The van der Waals surface area contributed by atoms with Gasteiger partial charge in [0.05, 0.1) is 11.9 Å². The number of rotatable bonds is 2. The van der Waals surface area contributed by atoms with Crippen molar-refractivity contribution in [3.8, 4) is 11.3 Å². The van der Waals surface area contributed by atoms with Gasteiger partial charge in [-0.3, -0.25) is 4.98 Å². The monoisotopic (exact) mass is 254 g/mol. The molecule has 0 saturated carbocycles. The van der Waals surface area contributed by atoms with E-state index in [0.717, 1.165) is 11.1 Å². The van der Waals surface area contributed by atoms with Gasteiger partial charge < -0.3 is 5.11 Å². The Morgan fingerprint density at radius 1 is 1.37 bits per heavy atom. The van der Waals surface area contributed by atoms with Crippen molar-refractivity contribution in [3.63, 3.8) is 0 Å². The standard InChI is InChI=1S/C13H10N4O2/c1-8-5-10(9-3-2-4-14-6-9)16-17-11(13(18)19)7-15-12(8)17/h2-7H,1H3,(H,18,19). The molecule has 0 aliphatic rings. The average Bonchev–Trinajstić information content (AvgIpc) is 2.84. The van der Waals surface area contributed by atoms with Crippen LogP contribution in [-0.2, 0) is 0 Å². The number of fused-ring (bicyclic) bond motifs is 1. The van der Waals surface area contributed by atoms with E-state index in [1.165, 1.54) is 10.7 Å². The van der Waals surface area contributed by atoms with E-state index in [-0.39, 0.29) is 5.69 Å². The Morgan fingerprint density at radius 2 is 2.21 bits per heavy atom. The fourth-order valence-electron chi connectivity index (χ4n) is 1.92. The molecule has 6 heteroatoms. The number of hydrogen-bond donors (Lipinski definition) is 1. The number of imidazole rings is 1. The number of pyridine rings is 1. The molecule has 0 saturated heterocycles. The van der Waals surface area contributed by atoms with Crippen molar-refractivity contribution < 1.29 is 9.90 Å². The van der Waals surface area contributed by atoms with E-state index in [9.17, 15) is 4.79 Å². The number of carboxylic acid groups (broad SMARTS) is 1. The van der Waals surface area contributed by atoms with Crippen molar-refractivity contribution in [2.45, 2.75) is 6.92 Å². The second-order valence-corrected chi connectivity index (χ2v) is 4.14. The first-order chi connectivity index (χ1) is 9.16. The Hall–Kier alpha value is -2.76. The maximum atomic E-state index is 11.1. The van der Waals surface area contributed by atoms with Crippen LogP contribution >= 0.6 is 0 Å². The summed E-state index contributed by atoms with van der Waals surface area (Å²) in [5.74, 6) is -1.05. The van der Waals surface area contributed by atoms with Crippen molar-refractivity contribution in [1.29, 1.82) is 0 Å². The molecule has 3 rings (SSSR count). The molecule has 0 atom stereocenters. The van der Waals surface area contributed by atoms with Crippen LogP contribution in [0, 0.1) is 6.92 Å². The molecule has 19 heavy (non-hydrogen) atoms. The number of carbonyl (C=O) groups is 1. The van der Waals surface area contributed by atoms with Gasteiger partial charge in [0.1, 0.15) is 0 Å². The maximum Gasteiger partial charge on any atom is 0.356 e. The molecule has 0 aliphatic carbocycles. The first kappa shape index (κ1) is 11.3. The van der Waals surface area contributed by atoms with Gasteiger partial charge in [0, 0.05) is 18.0 Å². The topological polar surface area (TPSA) is 80.4 Å². The van der Waals surface area contributed by atoms with Crippen LogP contribution in [0.5, 0.6) is 0 Å². The van der Waals surface area contributed by atoms with Crippen LogP contribution in [0.3, 0.4) is 0 Å².